The summed E-state index contributed by atoms with van der Waals surface area (Å²) < 4.78 is 10.4. The molecule has 1 saturated heterocycles. The highest BCUT2D eigenvalue weighted by molar-refractivity contribution is 7.98. The largest absolute Gasteiger partial charge is 0.396 e. The van der Waals surface area contributed by atoms with Gasteiger partial charge in [-0.3, -0.25) is 0 Å². The molecule has 1 aliphatic heterocycles. The van der Waals surface area contributed by atoms with E-state index in [-0.39, 0.29) is 12.0 Å². The van der Waals surface area contributed by atoms with Gasteiger partial charge in [0.25, 0.3) is 0 Å². The van der Waals surface area contributed by atoms with Crippen molar-refractivity contribution in [3.05, 3.63) is 47.6 Å². The minimum Gasteiger partial charge on any atom is -0.396 e. The van der Waals surface area contributed by atoms with Gasteiger partial charge in [-0.15, -0.1) is 0 Å². The Hall–Kier alpha value is -1.37. The van der Waals surface area contributed by atoms with E-state index in [0.717, 1.165) is 5.75 Å². The van der Waals surface area contributed by atoms with Crippen LogP contribution in [0.3, 0.4) is 0 Å². The Morgan fingerprint density at radius 1 is 1.24 bits per heavy atom. The van der Waals surface area contributed by atoms with Crippen molar-refractivity contribution in [2.45, 2.75) is 12.2 Å². The zero-order valence-corrected chi connectivity index (χ0v) is 12.5. The van der Waals surface area contributed by atoms with E-state index in [2.05, 4.69) is 10.1 Å². The standard InChI is InChI=1S/C15H18N2O3S/c18-8-15(9-19-10-15)11-21-7-14-16-13(17-20-14)6-12-4-2-1-3-5-12/h1-5,18H,6-11H2. The van der Waals surface area contributed by atoms with Crippen LogP contribution in [0.25, 0.3) is 0 Å². The maximum atomic E-state index is 9.36. The third-order valence-electron chi connectivity index (χ3n) is 3.50. The molecule has 6 heteroatoms. The summed E-state index contributed by atoms with van der Waals surface area (Å²) in [5, 5.41) is 13.4. The van der Waals surface area contributed by atoms with Crippen molar-refractivity contribution in [1.29, 1.82) is 0 Å². The average molecular weight is 306 g/mol. The molecule has 1 fully saturated rings. The predicted molar refractivity (Wildman–Crippen MR) is 80.0 cm³/mol. The molecule has 0 unspecified atom stereocenters. The summed E-state index contributed by atoms with van der Waals surface area (Å²) in [6, 6.07) is 10.1. The van der Waals surface area contributed by atoms with Crippen LogP contribution in [0.2, 0.25) is 0 Å². The number of benzene rings is 1. The molecule has 0 spiro atoms. The van der Waals surface area contributed by atoms with Gasteiger partial charge in [-0.2, -0.15) is 16.7 Å². The van der Waals surface area contributed by atoms with E-state index < -0.39 is 0 Å². The van der Waals surface area contributed by atoms with Crippen LogP contribution in [0.1, 0.15) is 17.3 Å². The van der Waals surface area contributed by atoms with Crippen LogP contribution in [-0.4, -0.2) is 40.8 Å². The van der Waals surface area contributed by atoms with Crippen molar-refractivity contribution < 1.29 is 14.4 Å². The third kappa shape index (κ3) is 3.64. The molecule has 1 aliphatic rings. The topological polar surface area (TPSA) is 68.4 Å². The molecule has 112 valence electrons. The van der Waals surface area contributed by atoms with E-state index in [0.29, 0.717) is 37.1 Å². The molecule has 1 aromatic heterocycles. The minimum absolute atomic E-state index is 0.0719. The first-order valence-electron chi connectivity index (χ1n) is 6.91. The van der Waals surface area contributed by atoms with Crippen molar-refractivity contribution in [2.75, 3.05) is 25.6 Å². The first-order chi connectivity index (χ1) is 10.3. The van der Waals surface area contributed by atoms with Crippen LogP contribution in [0, 0.1) is 5.41 Å². The Labute approximate surface area is 127 Å². The second kappa shape index (κ2) is 6.60. The molecule has 0 aliphatic carbocycles. The highest BCUT2D eigenvalue weighted by Crippen LogP contribution is 2.31. The van der Waals surface area contributed by atoms with E-state index in [1.165, 1.54) is 5.56 Å². The Morgan fingerprint density at radius 3 is 2.71 bits per heavy atom. The smallest absolute Gasteiger partial charge is 0.236 e. The molecule has 0 saturated carbocycles. The lowest BCUT2D eigenvalue weighted by Crippen LogP contribution is -2.47. The lowest BCUT2D eigenvalue weighted by Gasteiger charge is -2.39. The van der Waals surface area contributed by atoms with Crippen LogP contribution < -0.4 is 0 Å². The zero-order valence-electron chi connectivity index (χ0n) is 11.7. The first kappa shape index (κ1) is 14.6. The van der Waals surface area contributed by atoms with Crippen molar-refractivity contribution in [1.82, 2.24) is 10.1 Å². The van der Waals surface area contributed by atoms with Gasteiger partial charge < -0.3 is 14.4 Å². The first-order valence-corrected chi connectivity index (χ1v) is 8.07. The van der Waals surface area contributed by atoms with Gasteiger partial charge in [0.05, 0.1) is 25.6 Å². The monoisotopic (exact) mass is 306 g/mol. The maximum absolute atomic E-state index is 9.36. The molecular formula is C15H18N2O3S. The Bertz CT molecular complexity index is 564. The molecule has 21 heavy (non-hydrogen) atoms. The van der Waals surface area contributed by atoms with Gasteiger partial charge in [-0.1, -0.05) is 35.5 Å². The predicted octanol–water partition coefficient (Wildman–Crippen LogP) is 1.90. The molecule has 0 radical (unpaired) electrons. The quantitative estimate of drug-likeness (QED) is 0.842. The minimum atomic E-state index is -0.0719. The fourth-order valence-corrected chi connectivity index (χ4v) is 3.25. The summed E-state index contributed by atoms with van der Waals surface area (Å²) in [4.78, 5) is 4.40. The zero-order chi connectivity index (χ0) is 14.5. The SMILES string of the molecule is OCC1(CSCc2nc(Cc3ccccc3)no2)COC1. The van der Waals surface area contributed by atoms with Crippen LogP contribution >= 0.6 is 11.8 Å². The molecule has 0 amide bonds. The van der Waals surface area contributed by atoms with Gasteiger partial charge in [-0.05, 0) is 5.56 Å². The molecule has 0 atom stereocenters. The molecule has 1 N–H and O–H groups in total. The summed E-state index contributed by atoms with van der Waals surface area (Å²) in [5.74, 6) is 2.86. The summed E-state index contributed by atoms with van der Waals surface area (Å²) in [5.41, 5.74) is 1.10. The van der Waals surface area contributed by atoms with Crippen LogP contribution in [-0.2, 0) is 16.9 Å². The van der Waals surface area contributed by atoms with E-state index in [1.807, 2.05) is 30.3 Å². The Balaban J connectivity index is 1.49. The van der Waals surface area contributed by atoms with Crippen molar-refractivity contribution in [3.8, 4) is 0 Å². The van der Waals surface area contributed by atoms with Crippen molar-refractivity contribution >= 4 is 11.8 Å². The number of aromatic nitrogens is 2. The summed E-state index contributed by atoms with van der Waals surface area (Å²) >= 11 is 1.70. The van der Waals surface area contributed by atoms with Crippen LogP contribution in [0.15, 0.2) is 34.9 Å². The van der Waals surface area contributed by atoms with Crippen molar-refractivity contribution in [2.24, 2.45) is 5.41 Å². The van der Waals surface area contributed by atoms with E-state index in [9.17, 15) is 5.11 Å². The number of nitrogens with zero attached hydrogens (tertiary/aromatic N) is 2. The number of rotatable bonds is 7. The summed E-state index contributed by atoms with van der Waals surface area (Å²) in [6.07, 6.45) is 0.684. The molecule has 5 nitrogen and oxygen atoms in total. The van der Waals surface area contributed by atoms with E-state index in [1.54, 1.807) is 11.8 Å². The second-order valence-corrected chi connectivity index (χ2v) is 6.40. The van der Waals surface area contributed by atoms with Crippen molar-refractivity contribution in [3.63, 3.8) is 0 Å². The number of thioether (sulfide) groups is 1. The fraction of sp³-hybridized carbons (Fsp3) is 0.467. The number of aliphatic hydroxyl groups is 1. The second-order valence-electron chi connectivity index (χ2n) is 5.41. The third-order valence-corrected chi connectivity index (χ3v) is 4.77. The number of aliphatic hydroxyl groups excluding tert-OH is 1. The number of hydrogen-bond donors (Lipinski definition) is 1. The van der Waals surface area contributed by atoms with Gasteiger partial charge in [0.1, 0.15) is 0 Å². The molecule has 3 rings (SSSR count). The summed E-state index contributed by atoms with van der Waals surface area (Å²) in [6.45, 7) is 1.45. The van der Waals surface area contributed by atoms with Gasteiger partial charge in [0, 0.05) is 17.6 Å². The van der Waals surface area contributed by atoms with Gasteiger partial charge in [-0.25, -0.2) is 0 Å². The highest BCUT2D eigenvalue weighted by Gasteiger charge is 2.37. The average Bonchev–Trinajstić information content (AvgIpc) is 2.90. The van der Waals surface area contributed by atoms with Gasteiger partial charge in [0.2, 0.25) is 5.89 Å². The fourth-order valence-electron chi connectivity index (χ4n) is 2.16. The number of hydrogen-bond acceptors (Lipinski definition) is 6. The molecular weight excluding hydrogens is 288 g/mol. The molecule has 1 aromatic carbocycles. The maximum Gasteiger partial charge on any atom is 0.236 e. The molecule has 2 aromatic rings. The highest BCUT2D eigenvalue weighted by atomic mass is 32.2. The lowest BCUT2D eigenvalue weighted by atomic mass is 9.90. The lowest BCUT2D eigenvalue weighted by molar-refractivity contribution is -0.121. The van der Waals surface area contributed by atoms with Crippen LogP contribution in [0.5, 0.6) is 0 Å². The van der Waals surface area contributed by atoms with E-state index in [4.69, 9.17) is 9.26 Å². The number of ether oxygens (including phenoxy) is 1. The molecule has 2 heterocycles. The summed E-state index contributed by atoms with van der Waals surface area (Å²) in [7, 11) is 0. The van der Waals surface area contributed by atoms with Gasteiger partial charge in [0.15, 0.2) is 5.82 Å². The van der Waals surface area contributed by atoms with E-state index >= 15 is 0 Å². The molecule has 0 bridgehead atoms. The normalized spacial score (nSPS) is 16.6. The Morgan fingerprint density at radius 2 is 2.05 bits per heavy atom. The Kier molecular flexibility index (Phi) is 4.57. The van der Waals surface area contributed by atoms with Crippen LogP contribution in [0.4, 0.5) is 0 Å². The van der Waals surface area contributed by atoms with Gasteiger partial charge >= 0.3 is 0 Å².